The van der Waals surface area contributed by atoms with Gasteiger partial charge in [0, 0.05) is 5.54 Å². The summed E-state index contributed by atoms with van der Waals surface area (Å²) in [6.45, 7) is 6.42. The largest absolute Gasteiger partial charge is 0.492 e. The standard InChI is InChI=1S/C11H16N4O/c1-4-5-11(2,3)15-7-14-8-9(15)12-6-13-10(8)16/h6-7H,4-5H2,1-3H3,(H,12,13,16). The molecule has 0 atom stereocenters. The molecule has 0 saturated heterocycles. The molecule has 0 amide bonds. The van der Waals surface area contributed by atoms with Crippen molar-refractivity contribution in [3.8, 4) is 5.88 Å². The molecule has 86 valence electrons. The Labute approximate surface area is 94.2 Å². The molecule has 0 aliphatic heterocycles. The number of rotatable bonds is 3. The van der Waals surface area contributed by atoms with Crippen LogP contribution in [0, 0.1) is 0 Å². The third kappa shape index (κ3) is 1.62. The van der Waals surface area contributed by atoms with Crippen molar-refractivity contribution in [1.29, 1.82) is 0 Å². The molecule has 0 aliphatic rings. The summed E-state index contributed by atoms with van der Waals surface area (Å²) in [5.74, 6) is -0.0592. The van der Waals surface area contributed by atoms with E-state index < -0.39 is 0 Å². The third-order valence-electron chi connectivity index (χ3n) is 2.83. The molecule has 0 spiro atoms. The fourth-order valence-corrected chi connectivity index (χ4v) is 2.00. The Morgan fingerprint density at radius 3 is 2.75 bits per heavy atom. The van der Waals surface area contributed by atoms with E-state index in [1.807, 2.05) is 4.57 Å². The molecule has 0 radical (unpaired) electrons. The molecule has 2 rings (SSSR count). The van der Waals surface area contributed by atoms with Crippen LogP contribution in [0.5, 0.6) is 5.88 Å². The van der Waals surface area contributed by atoms with Crippen molar-refractivity contribution >= 4 is 11.2 Å². The van der Waals surface area contributed by atoms with Gasteiger partial charge >= 0.3 is 0 Å². The Morgan fingerprint density at radius 1 is 1.31 bits per heavy atom. The first-order valence-electron chi connectivity index (χ1n) is 5.44. The van der Waals surface area contributed by atoms with Crippen molar-refractivity contribution in [1.82, 2.24) is 19.5 Å². The highest BCUT2D eigenvalue weighted by Crippen LogP contribution is 2.27. The molecule has 16 heavy (non-hydrogen) atoms. The summed E-state index contributed by atoms with van der Waals surface area (Å²) in [6, 6.07) is 0. The van der Waals surface area contributed by atoms with Crippen LogP contribution in [0.3, 0.4) is 0 Å². The lowest BCUT2D eigenvalue weighted by molar-refractivity contribution is 0.331. The second-order valence-corrected chi connectivity index (χ2v) is 4.55. The zero-order chi connectivity index (χ0) is 11.8. The summed E-state index contributed by atoms with van der Waals surface area (Å²) in [4.78, 5) is 12.1. The van der Waals surface area contributed by atoms with Crippen LogP contribution in [-0.2, 0) is 5.54 Å². The smallest absolute Gasteiger partial charge is 0.242 e. The van der Waals surface area contributed by atoms with Gasteiger partial charge in [-0.25, -0.2) is 9.97 Å². The molecule has 0 aliphatic carbocycles. The van der Waals surface area contributed by atoms with Gasteiger partial charge in [0.1, 0.15) is 6.33 Å². The van der Waals surface area contributed by atoms with Crippen molar-refractivity contribution in [3.05, 3.63) is 12.7 Å². The van der Waals surface area contributed by atoms with E-state index >= 15 is 0 Å². The van der Waals surface area contributed by atoms with E-state index in [2.05, 4.69) is 35.7 Å². The van der Waals surface area contributed by atoms with Gasteiger partial charge in [-0.3, -0.25) is 0 Å². The molecule has 0 bridgehead atoms. The van der Waals surface area contributed by atoms with Crippen molar-refractivity contribution in [2.45, 2.75) is 39.2 Å². The predicted octanol–water partition coefficient (Wildman–Crippen LogP) is 2.07. The lowest BCUT2D eigenvalue weighted by Gasteiger charge is -2.26. The zero-order valence-corrected chi connectivity index (χ0v) is 9.80. The minimum atomic E-state index is -0.0592. The first kappa shape index (κ1) is 10.9. The van der Waals surface area contributed by atoms with E-state index in [9.17, 15) is 5.11 Å². The molecule has 1 N–H and O–H groups in total. The van der Waals surface area contributed by atoms with Crippen LogP contribution < -0.4 is 0 Å². The van der Waals surface area contributed by atoms with Gasteiger partial charge in [0.05, 0.1) is 6.33 Å². The van der Waals surface area contributed by atoms with Crippen molar-refractivity contribution in [3.63, 3.8) is 0 Å². The normalized spacial score (nSPS) is 12.2. The Hall–Kier alpha value is -1.65. The molecular formula is C11H16N4O. The highest BCUT2D eigenvalue weighted by Gasteiger charge is 2.22. The minimum Gasteiger partial charge on any atom is -0.492 e. The van der Waals surface area contributed by atoms with Crippen LogP contribution in [0.4, 0.5) is 0 Å². The summed E-state index contributed by atoms with van der Waals surface area (Å²) < 4.78 is 1.99. The van der Waals surface area contributed by atoms with Crippen LogP contribution >= 0.6 is 0 Å². The highest BCUT2D eigenvalue weighted by molar-refractivity contribution is 5.75. The van der Waals surface area contributed by atoms with E-state index in [1.54, 1.807) is 6.33 Å². The number of nitrogens with zero attached hydrogens (tertiary/aromatic N) is 4. The molecule has 0 aromatic carbocycles. The van der Waals surface area contributed by atoms with Crippen LogP contribution in [0.25, 0.3) is 11.2 Å². The Bertz CT molecular complexity index is 504. The molecule has 0 unspecified atom stereocenters. The topological polar surface area (TPSA) is 63.8 Å². The van der Waals surface area contributed by atoms with E-state index in [4.69, 9.17) is 0 Å². The van der Waals surface area contributed by atoms with Crippen LogP contribution in [0.2, 0.25) is 0 Å². The average molecular weight is 220 g/mol. The van der Waals surface area contributed by atoms with Crippen LogP contribution in [0.15, 0.2) is 12.7 Å². The first-order chi connectivity index (χ1) is 7.56. The highest BCUT2D eigenvalue weighted by atomic mass is 16.3. The Kier molecular flexibility index (Phi) is 2.53. The minimum absolute atomic E-state index is 0.0513. The molecular weight excluding hydrogens is 204 g/mol. The van der Waals surface area contributed by atoms with E-state index in [-0.39, 0.29) is 11.4 Å². The van der Waals surface area contributed by atoms with Crippen LogP contribution in [-0.4, -0.2) is 24.6 Å². The second kappa shape index (κ2) is 3.73. The lowest BCUT2D eigenvalue weighted by Crippen LogP contribution is -2.25. The molecule has 2 aromatic heterocycles. The molecule has 0 saturated carbocycles. The molecule has 2 heterocycles. The van der Waals surface area contributed by atoms with E-state index in [1.165, 1.54) is 6.33 Å². The number of aromatic nitrogens is 4. The van der Waals surface area contributed by atoms with Crippen LogP contribution in [0.1, 0.15) is 33.6 Å². The predicted molar refractivity (Wildman–Crippen MR) is 61.2 cm³/mol. The SMILES string of the molecule is CCCC(C)(C)n1cnc2c(O)ncnc21. The summed E-state index contributed by atoms with van der Waals surface area (Å²) >= 11 is 0. The monoisotopic (exact) mass is 220 g/mol. The first-order valence-corrected chi connectivity index (χ1v) is 5.44. The summed E-state index contributed by atoms with van der Waals surface area (Å²) in [7, 11) is 0. The average Bonchev–Trinajstić information content (AvgIpc) is 2.63. The maximum Gasteiger partial charge on any atom is 0.242 e. The van der Waals surface area contributed by atoms with Gasteiger partial charge in [-0.15, -0.1) is 0 Å². The number of imidazole rings is 1. The van der Waals surface area contributed by atoms with Gasteiger partial charge in [-0.1, -0.05) is 13.3 Å². The summed E-state index contributed by atoms with van der Waals surface area (Å²) in [5.41, 5.74) is 1.10. The quantitative estimate of drug-likeness (QED) is 0.860. The lowest BCUT2D eigenvalue weighted by atomic mass is 9.99. The third-order valence-corrected chi connectivity index (χ3v) is 2.83. The summed E-state index contributed by atoms with van der Waals surface area (Å²) in [5, 5.41) is 9.55. The van der Waals surface area contributed by atoms with Gasteiger partial charge in [0.25, 0.3) is 0 Å². The van der Waals surface area contributed by atoms with Crippen molar-refractivity contribution in [2.75, 3.05) is 0 Å². The molecule has 5 heteroatoms. The number of aromatic hydroxyl groups is 1. The van der Waals surface area contributed by atoms with Crippen molar-refractivity contribution < 1.29 is 5.11 Å². The molecule has 5 nitrogen and oxygen atoms in total. The Morgan fingerprint density at radius 2 is 2.06 bits per heavy atom. The maximum absolute atomic E-state index is 9.55. The fraction of sp³-hybridized carbons (Fsp3) is 0.545. The second-order valence-electron chi connectivity index (χ2n) is 4.55. The van der Waals surface area contributed by atoms with E-state index in [0.29, 0.717) is 11.2 Å². The molecule has 2 aromatic rings. The van der Waals surface area contributed by atoms with E-state index in [0.717, 1.165) is 12.8 Å². The zero-order valence-electron chi connectivity index (χ0n) is 9.80. The van der Waals surface area contributed by atoms with Crippen molar-refractivity contribution in [2.24, 2.45) is 0 Å². The van der Waals surface area contributed by atoms with Gasteiger partial charge in [0.15, 0.2) is 11.2 Å². The van der Waals surface area contributed by atoms with Gasteiger partial charge < -0.3 is 9.67 Å². The van der Waals surface area contributed by atoms with Gasteiger partial charge in [-0.2, -0.15) is 4.98 Å². The number of fused-ring (bicyclic) bond motifs is 1. The molecule has 0 fully saturated rings. The maximum atomic E-state index is 9.55. The number of hydrogen-bond acceptors (Lipinski definition) is 4. The van der Waals surface area contributed by atoms with Gasteiger partial charge in [-0.05, 0) is 20.3 Å². The van der Waals surface area contributed by atoms with Gasteiger partial charge in [0.2, 0.25) is 5.88 Å². The number of hydrogen-bond donors (Lipinski definition) is 1. The fourth-order valence-electron chi connectivity index (χ4n) is 2.00. The Balaban J connectivity index is 2.58. The summed E-state index contributed by atoms with van der Waals surface area (Å²) in [6.07, 6.45) is 5.19.